The standard InChI is InChI=1S/C12H24N2O/c1-15-10-12-5-2-4-11(12)8-14(9-12)7-3-6-13/h11H,2-10,13H2,1H3/t11-,12-/m0/s1. The van der Waals surface area contributed by atoms with E-state index in [-0.39, 0.29) is 0 Å². The summed E-state index contributed by atoms with van der Waals surface area (Å²) in [7, 11) is 1.84. The van der Waals surface area contributed by atoms with E-state index in [1.54, 1.807) is 0 Å². The van der Waals surface area contributed by atoms with Crippen LogP contribution < -0.4 is 5.73 Å². The average Bonchev–Trinajstić information content (AvgIpc) is 2.71. The van der Waals surface area contributed by atoms with Crippen molar-refractivity contribution in [2.45, 2.75) is 25.7 Å². The molecule has 2 N–H and O–H groups in total. The molecule has 2 rings (SSSR count). The molecule has 0 aromatic carbocycles. The van der Waals surface area contributed by atoms with Crippen LogP contribution in [0, 0.1) is 11.3 Å². The van der Waals surface area contributed by atoms with Crippen molar-refractivity contribution in [2.24, 2.45) is 17.1 Å². The molecule has 3 nitrogen and oxygen atoms in total. The van der Waals surface area contributed by atoms with Crippen molar-refractivity contribution in [3.8, 4) is 0 Å². The van der Waals surface area contributed by atoms with E-state index in [0.717, 1.165) is 25.5 Å². The van der Waals surface area contributed by atoms with Crippen molar-refractivity contribution >= 4 is 0 Å². The molecule has 0 aromatic rings. The lowest BCUT2D eigenvalue weighted by atomic mass is 9.82. The van der Waals surface area contributed by atoms with Crippen molar-refractivity contribution in [3.63, 3.8) is 0 Å². The smallest absolute Gasteiger partial charge is 0.0534 e. The number of nitrogens with two attached hydrogens (primary N) is 1. The third-order valence-electron chi connectivity index (χ3n) is 4.22. The Morgan fingerprint density at radius 1 is 1.53 bits per heavy atom. The predicted molar refractivity (Wildman–Crippen MR) is 61.8 cm³/mol. The summed E-state index contributed by atoms with van der Waals surface area (Å²) in [6, 6.07) is 0. The van der Waals surface area contributed by atoms with Crippen LogP contribution in [0.15, 0.2) is 0 Å². The molecule has 1 heterocycles. The Morgan fingerprint density at radius 2 is 2.40 bits per heavy atom. The normalized spacial score (nSPS) is 36.0. The number of nitrogens with zero attached hydrogens (tertiary/aromatic N) is 1. The van der Waals surface area contributed by atoms with Crippen LogP contribution in [0.3, 0.4) is 0 Å². The van der Waals surface area contributed by atoms with E-state index >= 15 is 0 Å². The first-order chi connectivity index (χ1) is 7.30. The van der Waals surface area contributed by atoms with Crippen LogP contribution in [0.5, 0.6) is 0 Å². The van der Waals surface area contributed by atoms with Gasteiger partial charge in [-0.15, -0.1) is 0 Å². The first kappa shape index (κ1) is 11.4. The second kappa shape index (κ2) is 4.81. The average molecular weight is 212 g/mol. The zero-order valence-corrected chi connectivity index (χ0v) is 9.87. The van der Waals surface area contributed by atoms with E-state index in [4.69, 9.17) is 10.5 Å². The van der Waals surface area contributed by atoms with Crippen LogP contribution in [-0.2, 0) is 4.74 Å². The summed E-state index contributed by atoms with van der Waals surface area (Å²) >= 11 is 0. The highest BCUT2D eigenvalue weighted by molar-refractivity contribution is 5.00. The van der Waals surface area contributed by atoms with Gasteiger partial charge in [0.15, 0.2) is 0 Å². The molecule has 0 aromatic heterocycles. The second-order valence-corrected chi connectivity index (χ2v) is 5.26. The Bertz CT molecular complexity index is 210. The van der Waals surface area contributed by atoms with E-state index < -0.39 is 0 Å². The number of methoxy groups -OCH3 is 1. The zero-order chi connectivity index (χ0) is 10.7. The maximum Gasteiger partial charge on any atom is 0.0534 e. The molecule has 1 aliphatic heterocycles. The monoisotopic (exact) mass is 212 g/mol. The lowest BCUT2D eigenvalue weighted by Crippen LogP contribution is -2.32. The van der Waals surface area contributed by atoms with Gasteiger partial charge in [0.05, 0.1) is 6.61 Å². The molecule has 88 valence electrons. The highest BCUT2D eigenvalue weighted by Crippen LogP contribution is 2.48. The summed E-state index contributed by atoms with van der Waals surface area (Å²) in [5.74, 6) is 0.884. The van der Waals surface area contributed by atoms with Crippen LogP contribution >= 0.6 is 0 Å². The molecule has 1 saturated heterocycles. The Morgan fingerprint density at radius 3 is 3.13 bits per heavy atom. The van der Waals surface area contributed by atoms with Gasteiger partial charge in [0, 0.05) is 25.6 Å². The maximum atomic E-state index is 5.56. The molecule has 3 heteroatoms. The molecule has 0 amide bonds. The molecule has 0 radical (unpaired) electrons. The quantitative estimate of drug-likeness (QED) is 0.741. The first-order valence-corrected chi connectivity index (χ1v) is 6.22. The van der Waals surface area contributed by atoms with E-state index in [1.807, 2.05) is 7.11 Å². The molecule has 2 atom stereocenters. The second-order valence-electron chi connectivity index (χ2n) is 5.26. The molecular weight excluding hydrogens is 188 g/mol. The molecule has 0 bridgehead atoms. The van der Waals surface area contributed by atoms with Gasteiger partial charge < -0.3 is 15.4 Å². The number of rotatable bonds is 5. The minimum Gasteiger partial charge on any atom is -0.384 e. The molecular formula is C12H24N2O. The fourth-order valence-electron chi connectivity index (χ4n) is 3.53. The predicted octanol–water partition coefficient (Wildman–Crippen LogP) is 1.08. The summed E-state index contributed by atoms with van der Waals surface area (Å²) in [5, 5.41) is 0. The lowest BCUT2D eigenvalue weighted by molar-refractivity contribution is 0.0704. The summed E-state index contributed by atoms with van der Waals surface area (Å²) in [4.78, 5) is 2.59. The Balaban J connectivity index is 1.92. The van der Waals surface area contributed by atoms with Gasteiger partial charge >= 0.3 is 0 Å². The minimum atomic E-state index is 0.489. The van der Waals surface area contributed by atoms with Gasteiger partial charge in [-0.05, 0) is 38.3 Å². The summed E-state index contributed by atoms with van der Waals surface area (Å²) in [6.45, 7) is 5.47. The van der Waals surface area contributed by atoms with Crippen LogP contribution in [0.1, 0.15) is 25.7 Å². The van der Waals surface area contributed by atoms with E-state index in [9.17, 15) is 0 Å². The highest BCUT2D eigenvalue weighted by Gasteiger charge is 2.48. The molecule has 0 spiro atoms. The maximum absolute atomic E-state index is 5.56. The van der Waals surface area contributed by atoms with Gasteiger partial charge in [0.2, 0.25) is 0 Å². The fraction of sp³-hybridized carbons (Fsp3) is 1.00. The SMILES string of the molecule is COC[C@@]12CCC[C@H]1CN(CCCN)C2. The van der Waals surface area contributed by atoms with Crippen LogP contribution in [-0.4, -0.2) is 44.8 Å². The van der Waals surface area contributed by atoms with Gasteiger partial charge in [0.1, 0.15) is 0 Å². The summed E-state index contributed by atoms with van der Waals surface area (Å²) < 4.78 is 5.43. The van der Waals surface area contributed by atoms with Crippen molar-refractivity contribution < 1.29 is 4.74 Å². The van der Waals surface area contributed by atoms with Crippen LogP contribution in [0.2, 0.25) is 0 Å². The van der Waals surface area contributed by atoms with Crippen molar-refractivity contribution in [3.05, 3.63) is 0 Å². The van der Waals surface area contributed by atoms with E-state index in [0.29, 0.717) is 5.41 Å². The number of hydrogen-bond acceptors (Lipinski definition) is 3. The third-order valence-corrected chi connectivity index (χ3v) is 4.22. The van der Waals surface area contributed by atoms with Gasteiger partial charge in [0.25, 0.3) is 0 Å². The number of hydrogen-bond donors (Lipinski definition) is 1. The fourth-order valence-corrected chi connectivity index (χ4v) is 3.53. The number of ether oxygens (including phenoxy) is 1. The van der Waals surface area contributed by atoms with Crippen molar-refractivity contribution in [2.75, 3.05) is 39.9 Å². The molecule has 15 heavy (non-hydrogen) atoms. The zero-order valence-electron chi connectivity index (χ0n) is 9.87. The molecule has 2 aliphatic rings. The Labute approximate surface area is 93.0 Å². The first-order valence-electron chi connectivity index (χ1n) is 6.22. The minimum absolute atomic E-state index is 0.489. The molecule has 1 saturated carbocycles. The summed E-state index contributed by atoms with van der Waals surface area (Å²) in [5.41, 5.74) is 6.05. The molecule has 0 unspecified atom stereocenters. The van der Waals surface area contributed by atoms with Gasteiger partial charge in [-0.25, -0.2) is 0 Å². The van der Waals surface area contributed by atoms with Crippen molar-refractivity contribution in [1.29, 1.82) is 0 Å². The van der Waals surface area contributed by atoms with Gasteiger partial charge in [-0.1, -0.05) is 6.42 Å². The lowest BCUT2D eigenvalue weighted by Gasteiger charge is -2.28. The number of likely N-dealkylation sites (tertiary alicyclic amines) is 1. The van der Waals surface area contributed by atoms with Gasteiger partial charge in [-0.3, -0.25) is 0 Å². The highest BCUT2D eigenvalue weighted by atomic mass is 16.5. The topological polar surface area (TPSA) is 38.5 Å². The van der Waals surface area contributed by atoms with Crippen LogP contribution in [0.4, 0.5) is 0 Å². The van der Waals surface area contributed by atoms with E-state index in [1.165, 1.54) is 38.9 Å². The van der Waals surface area contributed by atoms with Gasteiger partial charge in [-0.2, -0.15) is 0 Å². The molecule has 2 fully saturated rings. The van der Waals surface area contributed by atoms with E-state index in [2.05, 4.69) is 4.90 Å². The molecule has 1 aliphatic carbocycles. The largest absolute Gasteiger partial charge is 0.384 e. The van der Waals surface area contributed by atoms with Crippen molar-refractivity contribution in [1.82, 2.24) is 4.90 Å². The number of fused-ring (bicyclic) bond motifs is 1. The Kier molecular flexibility index (Phi) is 3.65. The summed E-state index contributed by atoms with van der Waals surface area (Å²) in [6.07, 6.45) is 5.31. The Hall–Kier alpha value is -0.120. The third kappa shape index (κ3) is 2.19. The van der Waals surface area contributed by atoms with Crippen LogP contribution in [0.25, 0.3) is 0 Å².